The summed E-state index contributed by atoms with van der Waals surface area (Å²) < 4.78 is 0. The van der Waals surface area contributed by atoms with Gasteiger partial charge in [-0.1, -0.05) is 29.8 Å². The third-order valence-electron chi connectivity index (χ3n) is 3.46. The summed E-state index contributed by atoms with van der Waals surface area (Å²) in [6.07, 6.45) is 0.822. The van der Waals surface area contributed by atoms with Crippen molar-refractivity contribution in [1.82, 2.24) is 10.2 Å². The summed E-state index contributed by atoms with van der Waals surface area (Å²) >= 11 is 0. The number of nitrogens with zero attached hydrogens (tertiary/aromatic N) is 1. The van der Waals surface area contributed by atoms with E-state index in [0.717, 1.165) is 32.6 Å². The van der Waals surface area contributed by atoms with Gasteiger partial charge in [-0.25, -0.2) is 0 Å². The molecule has 4 heteroatoms. The minimum Gasteiger partial charge on any atom is -0.396 e. The highest BCUT2D eigenvalue weighted by Crippen LogP contribution is 2.24. The van der Waals surface area contributed by atoms with Gasteiger partial charge in [-0.3, -0.25) is 4.90 Å². The zero-order chi connectivity index (χ0) is 12.1. The van der Waals surface area contributed by atoms with Gasteiger partial charge in [-0.05, 0) is 18.9 Å². The van der Waals surface area contributed by atoms with Crippen molar-refractivity contribution < 1.29 is 5.11 Å². The molecule has 102 valence electrons. The molecule has 0 unspecified atom stereocenters. The summed E-state index contributed by atoms with van der Waals surface area (Å²) in [5, 5.41) is 12.6. The van der Waals surface area contributed by atoms with Gasteiger partial charge in [0, 0.05) is 38.8 Å². The second kappa shape index (κ2) is 7.74. The van der Waals surface area contributed by atoms with Crippen LogP contribution in [0.4, 0.5) is 0 Å². The Hall–Kier alpha value is -0.610. The van der Waals surface area contributed by atoms with Gasteiger partial charge in [-0.15, -0.1) is 12.4 Å². The summed E-state index contributed by atoms with van der Waals surface area (Å²) in [5.41, 5.74) is 2.61. The lowest BCUT2D eigenvalue weighted by Gasteiger charge is -2.35. The molecular formula is C14H23ClN2O. The lowest BCUT2D eigenvalue weighted by molar-refractivity contribution is 0.141. The largest absolute Gasteiger partial charge is 0.396 e. The van der Waals surface area contributed by atoms with E-state index >= 15 is 0 Å². The molecule has 0 saturated carbocycles. The molecule has 1 aliphatic heterocycles. The van der Waals surface area contributed by atoms with Crippen LogP contribution < -0.4 is 5.32 Å². The molecule has 0 radical (unpaired) electrons. The smallest absolute Gasteiger partial charge is 0.0449 e. The van der Waals surface area contributed by atoms with E-state index in [1.54, 1.807) is 0 Å². The molecule has 1 heterocycles. The second-order valence-corrected chi connectivity index (χ2v) is 4.72. The third kappa shape index (κ3) is 3.95. The molecule has 18 heavy (non-hydrogen) atoms. The van der Waals surface area contributed by atoms with Crippen LogP contribution in [0.2, 0.25) is 0 Å². The third-order valence-corrected chi connectivity index (χ3v) is 3.46. The number of nitrogens with one attached hydrogen (secondary N) is 1. The van der Waals surface area contributed by atoms with Crippen LogP contribution >= 0.6 is 12.4 Å². The number of benzene rings is 1. The Bertz CT molecular complexity index is 336. The summed E-state index contributed by atoms with van der Waals surface area (Å²) in [6, 6.07) is 9.06. The van der Waals surface area contributed by atoms with Crippen molar-refractivity contribution in [3.05, 3.63) is 35.4 Å². The number of aliphatic hydroxyl groups is 1. The summed E-state index contributed by atoms with van der Waals surface area (Å²) in [5.74, 6) is 0. The highest BCUT2D eigenvalue weighted by Gasteiger charge is 2.21. The molecule has 1 atom stereocenters. The van der Waals surface area contributed by atoms with Crippen molar-refractivity contribution in [2.24, 2.45) is 0 Å². The SMILES string of the molecule is Cc1ccc([C@@H](CCO)N2CCNCC2)cc1.Cl. The van der Waals surface area contributed by atoms with Gasteiger partial charge in [0.05, 0.1) is 0 Å². The Morgan fingerprint density at radius 2 is 1.83 bits per heavy atom. The normalized spacial score (nSPS) is 18.1. The Balaban J connectivity index is 0.00000162. The lowest BCUT2D eigenvalue weighted by Crippen LogP contribution is -2.45. The fraction of sp³-hybridized carbons (Fsp3) is 0.571. The van der Waals surface area contributed by atoms with Crippen molar-refractivity contribution in [2.45, 2.75) is 19.4 Å². The Morgan fingerprint density at radius 1 is 1.22 bits per heavy atom. The van der Waals surface area contributed by atoms with Gasteiger partial charge in [-0.2, -0.15) is 0 Å². The van der Waals surface area contributed by atoms with Crippen LogP contribution in [-0.4, -0.2) is 42.8 Å². The van der Waals surface area contributed by atoms with Crippen molar-refractivity contribution in [3.63, 3.8) is 0 Å². The molecule has 0 amide bonds. The molecule has 1 aromatic rings. The number of aryl methyl sites for hydroxylation is 1. The molecule has 1 fully saturated rings. The minimum absolute atomic E-state index is 0. The van der Waals surface area contributed by atoms with Crippen LogP contribution in [0.25, 0.3) is 0 Å². The van der Waals surface area contributed by atoms with E-state index in [1.807, 2.05) is 0 Å². The monoisotopic (exact) mass is 270 g/mol. The number of halogens is 1. The molecule has 0 spiro atoms. The van der Waals surface area contributed by atoms with Gasteiger partial charge in [0.2, 0.25) is 0 Å². The maximum atomic E-state index is 9.24. The number of aliphatic hydroxyl groups excluding tert-OH is 1. The van der Waals surface area contributed by atoms with Crippen LogP contribution in [0.5, 0.6) is 0 Å². The molecule has 3 nitrogen and oxygen atoms in total. The first-order chi connectivity index (χ1) is 8.31. The van der Waals surface area contributed by atoms with Gasteiger partial charge in [0.25, 0.3) is 0 Å². The molecule has 0 bridgehead atoms. The molecule has 1 aromatic carbocycles. The molecule has 2 N–H and O–H groups in total. The maximum absolute atomic E-state index is 9.24. The highest BCUT2D eigenvalue weighted by molar-refractivity contribution is 5.85. The molecule has 1 saturated heterocycles. The fourth-order valence-corrected chi connectivity index (χ4v) is 2.46. The summed E-state index contributed by atoms with van der Waals surface area (Å²) in [6.45, 7) is 6.59. The van der Waals surface area contributed by atoms with E-state index in [4.69, 9.17) is 0 Å². The first-order valence-corrected chi connectivity index (χ1v) is 6.43. The quantitative estimate of drug-likeness (QED) is 0.875. The van der Waals surface area contributed by atoms with E-state index in [-0.39, 0.29) is 19.0 Å². The van der Waals surface area contributed by atoms with Crippen LogP contribution in [0.15, 0.2) is 24.3 Å². The summed E-state index contributed by atoms with van der Waals surface area (Å²) in [4.78, 5) is 2.47. The van der Waals surface area contributed by atoms with Gasteiger partial charge < -0.3 is 10.4 Å². The van der Waals surface area contributed by atoms with Crippen molar-refractivity contribution in [2.75, 3.05) is 32.8 Å². The van der Waals surface area contributed by atoms with Crippen molar-refractivity contribution in [3.8, 4) is 0 Å². The zero-order valence-electron chi connectivity index (χ0n) is 10.9. The number of piperazine rings is 1. The number of rotatable bonds is 4. The Kier molecular flexibility index (Phi) is 6.65. The highest BCUT2D eigenvalue weighted by atomic mass is 35.5. The standard InChI is InChI=1S/C14H22N2O.ClH/c1-12-2-4-13(5-3-12)14(6-11-17)16-9-7-15-8-10-16;/h2-5,14-15,17H,6-11H2,1H3;1H/t14-;/m1./s1. The second-order valence-electron chi connectivity index (χ2n) is 4.72. The van der Waals surface area contributed by atoms with Gasteiger partial charge in [0.15, 0.2) is 0 Å². The van der Waals surface area contributed by atoms with Crippen LogP contribution in [0.1, 0.15) is 23.6 Å². The van der Waals surface area contributed by atoms with E-state index in [2.05, 4.69) is 41.4 Å². The maximum Gasteiger partial charge on any atom is 0.0449 e. The van der Waals surface area contributed by atoms with Crippen LogP contribution in [-0.2, 0) is 0 Å². The molecule has 2 rings (SSSR count). The zero-order valence-corrected chi connectivity index (χ0v) is 11.7. The van der Waals surface area contributed by atoms with Crippen LogP contribution in [0.3, 0.4) is 0 Å². The number of hydrogen-bond donors (Lipinski definition) is 2. The first-order valence-electron chi connectivity index (χ1n) is 6.43. The molecule has 0 aliphatic carbocycles. The molecule has 0 aromatic heterocycles. The molecule has 1 aliphatic rings. The average Bonchev–Trinajstić information content (AvgIpc) is 2.38. The van der Waals surface area contributed by atoms with E-state index in [9.17, 15) is 5.11 Å². The van der Waals surface area contributed by atoms with Crippen molar-refractivity contribution >= 4 is 12.4 Å². The predicted octanol–water partition coefficient (Wildman–Crippen LogP) is 1.75. The topological polar surface area (TPSA) is 35.5 Å². The van der Waals surface area contributed by atoms with Crippen molar-refractivity contribution in [1.29, 1.82) is 0 Å². The van der Waals surface area contributed by atoms with Crippen LogP contribution in [0, 0.1) is 6.92 Å². The summed E-state index contributed by atoms with van der Waals surface area (Å²) in [7, 11) is 0. The minimum atomic E-state index is 0. The van der Waals surface area contributed by atoms with E-state index in [0.29, 0.717) is 6.04 Å². The van der Waals surface area contributed by atoms with Gasteiger partial charge in [0.1, 0.15) is 0 Å². The fourth-order valence-electron chi connectivity index (χ4n) is 2.46. The lowest BCUT2D eigenvalue weighted by atomic mass is 10.0. The first kappa shape index (κ1) is 15.4. The predicted molar refractivity (Wildman–Crippen MR) is 77.3 cm³/mol. The average molecular weight is 271 g/mol. The van der Waals surface area contributed by atoms with Gasteiger partial charge >= 0.3 is 0 Å². The Labute approximate surface area is 116 Å². The van der Waals surface area contributed by atoms with E-state index in [1.165, 1.54) is 11.1 Å². The Morgan fingerprint density at radius 3 is 2.39 bits per heavy atom. The van der Waals surface area contributed by atoms with E-state index < -0.39 is 0 Å². The number of hydrogen-bond acceptors (Lipinski definition) is 3. The molecular weight excluding hydrogens is 248 g/mol.